The van der Waals surface area contributed by atoms with Crippen LogP contribution in [0, 0.1) is 6.92 Å². The number of aromatic nitrogens is 6. The third kappa shape index (κ3) is 3.04. The Morgan fingerprint density at radius 3 is 2.68 bits per heavy atom. The van der Waals surface area contributed by atoms with E-state index in [-0.39, 0.29) is 0 Å². The topological polar surface area (TPSA) is 86.4 Å². The molecule has 1 aliphatic heterocycles. The van der Waals surface area contributed by atoms with Gasteiger partial charge >= 0.3 is 0 Å². The van der Waals surface area contributed by atoms with E-state index in [4.69, 9.17) is 4.98 Å². The predicted molar refractivity (Wildman–Crippen MR) is 123 cm³/mol. The van der Waals surface area contributed by atoms with Crippen LogP contribution < -0.4 is 4.90 Å². The first-order chi connectivity index (χ1) is 15.3. The van der Waals surface area contributed by atoms with Crippen molar-refractivity contribution in [1.82, 2.24) is 30.1 Å². The molecule has 6 heterocycles. The number of aromatic amines is 2. The first-order valence-electron chi connectivity index (χ1n) is 10.8. The van der Waals surface area contributed by atoms with Crippen molar-refractivity contribution in [2.24, 2.45) is 0 Å². The summed E-state index contributed by atoms with van der Waals surface area (Å²) in [5, 5.41) is 9.92. The highest BCUT2D eigenvalue weighted by atomic mass is 15.2. The highest BCUT2D eigenvalue weighted by Gasteiger charge is 2.18. The molecule has 1 saturated heterocycles. The maximum absolute atomic E-state index is 4.71. The molecule has 0 amide bonds. The van der Waals surface area contributed by atoms with Gasteiger partial charge in [0.2, 0.25) is 0 Å². The maximum atomic E-state index is 4.71. The Kier molecular flexibility index (Phi) is 4.19. The number of fused-ring (bicyclic) bond motifs is 2. The van der Waals surface area contributed by atoms with Gasteiger partial charge in [0.25, 0.3) is 0 Å². The van der Waals surface area contributed by atoms with Crippen LogP contribution in [-0.4, -0.2) is 43.2 Å². The quantitative estimate of drug-likeness (QED) is 0.444. The van der Waals surface area contributed by atoms with Crippen LogP contribution in [0.5, 0.6) is 0 Å². The van der Waals surface area contributed by atoms with Crippen molar-refractivity contribution < 1.29 is 0 Å². The van der Waals surface area contributed by atoms with E-state index in [1.165, 1.54) is 19.3 Å². The first-order valence-corrected chi connectivity index (χ1v) is 10.8. The van der Waals surface area contributed by atoms with Crippen LogP contribution in [0.25, 0.3) is 44.5 Å². The smallest absolute Gasteiger partial charge is 0.137 e. The van der Waals surface area contributed by atoms with Gasteiger partial charge in [0, 0.05) is 48.0 Å². The van der Waals surface area contributed by atoms with Crippen LogP contribution in [0.3, 0.4) is 0 Å². The average Bonchev–Trinajstić information content (AvgIpc) is 3.43. The Hall–Kier alpha value is -3.74. The Morgan fingerprint density at radius 2 is 1.81 bits per heavy atom. The van der Waals surface area contributed by atoms with Crippen molar-refractivity contribution in [1.29, 1.82) is 0 Å². The molecule has 0 aromatic carbocycles. The van der Waals surface area contributed by atoms with Crippen molar-refractivity contribution >= 4 is 27.6 Å². The molecule has 0 atom stereocenters. The monoisotopic (exact) mass is 409 g/mol. The number of rotatable bonds is 3. The summed E-state index contributed by atoms with van der Waals surface area (Å²) in [5.74, 6) is 1.06. The molecule has 0 spiro atoms. The number of hydrogen-bond donors (Lipinski definition) is 2. The first kappa shape index (κ1) is 18.1. The van der Waals surface area contributed by atoms with Gasteiger partial charge in [0.05, 0.1) is 28.6 Å². The van der Waals surface area contributed by atoms with Crippen LogP contribution >= 0.6 is 0 Å². The molecule has 0 aliphatic carbocycles. The van der Waals surface area contributed by atoms with Crippen molar-refractivity contribution in [2.45, 2.75) is 26.2 Å². The highest BCUT2D eigenvalue weighted by Crippen LogP contribution is 2.34. The Labute approximate surface area is 179 Å². The van der Waals surface area contributed by atoms with Gasteiger partial charge < -0.3 is 9.88 Å². The molecule has 31 heavy (non-hydrogen) atoms. The van der Waals surface area contributed by atoms with Crippen LogP contribution in [-0.2, 0) is 0 Å². The van der Waals surface area contributed by atoms with Gasteiger partial charge in [-0.3, -0.25) is 15.1 Å². The van der Waals surface area contributed by atoms with Crippen LogP contribution in [0.1, 0.15) is 24.8 Å². The minimum Gasteiger partial charge on any atom is -0.356 e. The lowest BCUT2D eigenvalue weighted by Crippen LogP contribution is -2.30. The molecule has 0 unspecified atom stereocenters. The van der Waals surface area contributed by atoms with Crippen molar-refractivity contribution in [3.05, 3.63) is 54.6 Å². The van der Waals surface area contributed by atoms with Crippen molar-refractivity contribution in [2.75, 3.05) is 18.0 Å². The molecule has 0 bridgehead atoms. The molecule has 7 heteroatoms. The number of hydrogen-bond acceptors (Lipinski definition) is 5. The number of anilines is 1. The lowest BCUT2D eigenvalue weighted by Gasteiger charge is -2.28. The minimum absolute atomic E-state index is 0.890. The van der Waals surface area contributed by atoms with Gasteiger partial charge in [-0.15, -0.1) is 0 Å². The molecule has 7 nitrogen and oxygen atoms in total. The predicted octanol–water partition coefficient (Wildman–Crippen LogP) is 4.86. The zero-order chi connectivity index (χ0) is 20.8. The van der Waals surface area contributed by atoms with Crippen LogP contribution in [0.4, 0.5) is 5.82 Å². The summed E-state index contributed by atoms with van der Waals surface area (Å²) in [6, 6.07) is 8.31. The third-order valence-electron chi connectivity index (χ3n) is 6.20. The summed E-state index contributed by atoms with van der Waals surface area (Å²) in [7, 11) is 0. The number of aryl methyl sites for hydroxylation is 1. The van der Waals surface area contributed by atoms with Crippen molar-refractivity contribution in [3.63, 3.8) is 0 Å². The van der Waals surface area contributed by atoms with Crippen molar-refractivity contribution in [3.8, 4) is 22.6 Å². The Morgan fingerprint density at radius 1 is 0.903 bits per heavy atom. The third-order valence-corrected chi connectivity index (χ3v) is 6.20. The minimum atomic E-state index is 0.890. The number of nitrogens with zero attached hydrogens (tertiary/aromatic N) is 5. The molecular formula is C24H23N7. The van der Waals surface area contributed by atoms with Gasteiger partial charge in [0.15, 0.2) is 0 Å². The van der Waals surface area contributed by atoms with E-state index in [9.17, 15) is 0 Å². The molecule has 6 rings (SSSR count). The highest BCUT2D eigenvalue weighted by molar-refractivity contribution is 5.99. The van der Waals surface area contributed by atoms with Gasteiger partial charge in [0.1, 0.15) is 11.5 Å². The maximum Gasteiger partial charge on any atom is 0.137 e. The molecular weight excluding hydrogens is 386 g/mol. The fourth-order valence-electron chi connectivity index (χ4n) is 4.53. The summed E-state index contributed by atoms with van der Waals surface area (Å²) in [6.07, 6.45) is 11.2. The SMILES string of the molecule is Cc1ccncc1-c1cc2c(-c3cc4c(N5CCCCC5)nccc4[nH]3)n[nH]c2cn1. The van der Waals surface area contributed by atoms with E-state index in [0.717, 1.165) is 68.9 Å². The Balaban J connectivity index is 1.47. The van der Waals surface area contributed by atoms with Gasteiger partial charge in [-0.05, 0) is 56.0 Å². The molecule has 0 radical (unpaired) electrons. The molecule has 1 aliphatic rings. The second-order valence-corrected chi connectivity index (χ2v) is 8.20. The fraction of sp³-hybridized carbons (Fsp3) is 0.250. The zero-order valence-corrected chi connectivity index (χ0v) is 17.4. The number of pyridine rings is 3. The standard InChI is InChI=1S/C24H23N7/c1-15-5-7-25-13-18(15)20-11-16-22(14-27-20)29-30-23(16)21-12-17-19(28-21)6-8-26-24(17)31-9-3-2-4-10-31/h5-8,11-14,28H,2-4,9-10H2,1H3,(H,29,30). The summed E-state index contributed by atoms with van der Waals surface area (Å²) in [4.78, 5) is 19.6. The molecule has 5 aromatic rings. The number of H-pyrrole nitrogens is 2. The molecule has 0 saturated carbocycles. The van der Waals surface area contributed by atoms with Gasteiger partial charge in [-0.25, -0.2) is 4.98 Å². The van der Waals surface area contributed by atoms with E-state index < -0.39 is 0 Å². The second-order valence-electron chi connectivity index (χ2n) is 8.20. The number of piperidine rings is 1. The largest absolute Gasteiger partial charge is 0.356 e. The van der Waals surface area contributed by atoms with Gasteiger partial charge in [-0.1, -0.05) is 0 Å². The normalized spacial score (nSPS) is 14.5. The lowest BCUT2D eigenvalue weighted by atomic mass is 10.1. The molecule has 2 N–H and O–H groups in total. The van der Waals surface area contributed by atoms with E-state index in [2.05, 4.69) is 49.1 Å². The summed E-state index contributed by atoms with van der Waals surface area (Å²) < 4.78 is 0. The number of nitrogens with one attached hydrogen (secondary N) is 2. The van der Waals surface area contributed by atoms with E-state index in [0.29, 0.717) is 0 Å². The summed E-state index contributed by atoms with van der Waals surface area (Å²) in [5.41, 5.74) is 6.94. The van der Waals surface area contributed by atoms with E-state index >= 15 is 0 Å². The summed E-state index contributed by atoms with van der Waals surface area (Å²) >= 11 is 0. The zero-order valence-electron chi connectivity index (χ0n) is 17.4. The lowest BCUT2D eigenvalue weighted by molar-refractivity contribution is 0.575. The van der Waals surface area contributed by atoms with Crippen LogP contribution in [0.15, 0.2) is 49.1 Å². The van der Waals surface area contributed by atoms with Crippen LogP contribution in [0.2, 0.25) is 0 Å². The molecule has 154 valence electrons. The molecule has 5 aromatic heterocycles. The average molecular weight is 409 g/mol. The molecule has 1 fully saturated rings. The van der Waals surface area contributed by atoms with E-state index in [1.807, 2.05) is 30.7 Å². The summed E-state index contributed by atoms with van der Waals surface area (Å²) in [6.45, 7) is 4.21. The fourth-order valence-corrected chi connectivity index (χ4v) is 4.53. The Bertz CT molecular complexity index is 1390. The van der Waals surface area contributed by atoms with Gasteiger partial charge in [-0.2, -0.15) is 5.10 Å². The van der Waals surface area contributed by atoms with E-state index in [1.54, 1.807) is 6.20 Å². The second kappa shape index (κ2) is 7.19.